The average Bonchev–Trinajstić information content (AvgIpc) is 2.34. The molecule has 0 bridgehead atoms. The number of hydrogen-bond acceptors (Lipinski definition) is 4. The molecule has 0 aromatic carbocycles. The first kappa shape index (κ1) is 13.6. The van der Waals surface area contributed by atoms with Gasteiger partial charge in [-0.1, -0.05) is 25.4 Å². The monoisotopic (exact) mass is 259 g/mol. The molecule has 0 spiro atoms. The Kier molecular flexibility index (Phi) is 5.35. The number of aromatic nitrogens is 2. The minimum Gasteiger partial charge on any atom is -0.367 e. The molecule has 1 rings (SSSR count). The number of nitrogens with one attached hydrogen (secondary N) is 1. The van der Waals surface area contributed by atoms with Crippen molar-refractivity contribution in [3.8, 4) is 0 Å². The van der Waals surface area contributed by atoms with Crippen LogP contribution in [0.2, 0.25) is 5.15 Å². The Labute approximate surface area is 106 Å². The zero-order valence-corrected chi connectivity index (χ0v) is 11.5. The standard InChI is InChI=1S/C11H18ClN3S/c1-4-11(5-2,16-3)8-13-10-7-6-9(12)14-15-10/h6-7H,4-5,8H2,1-3H3,(H,13,15). The summed E-state index contributed by atoms with van der Waals surface area (Å²) in [6, 6.07) is 3.60. The molecule has 3 nitrogen and oxygen atoms in total. The van der Waals surface area contributed by atoms with Crippen LogP contribution >= 0.6 is 23.4 Å². The lowest BCUT2D eigenvalue weighted by molar-refractivity contribution is 0.573. The van der Waals surface area contributed by atoms with Gasteiger partial charge in [-0.2, -0.15) is 11.8 Å². The zero-order valence-electron chi connectivity index (χ0n) is 9.96. The van der Waals surface area contributed by atoms with Crippen LogP contribution in [-0.2, 0) is 0 Å². The van der Waals surface area contributed by atoms with Gasteiger partial charge in [0.25, 0.3) is 0 Å². The lowest BCUT2D eigenvalue weighted by atomic mass is 10.0. The number of halogens is 1. The molecule has 0 aliphatic carbocycles. The summed E-state index contributed by atoms with van der Waals surface area (Å²) in [5.74, 6) is 0.782. The lowest BCUT2D eigenvalue weighted by Crippen LogP contribution is -2.32. The van der Waals surface area contributed by atoms with Crippen LogP contribution < -0.4 is 5.32 Å². The van der Waals surface area contributed by atoms with Crippen molar-refractivity contribution < 1.29 is 0 Å². The predicted octanol–water partition coefficient (Wildman–Crippen LogP) is 3.46. The molecule has 0 aliphatic rings. The van der Waals surface area contributed by atoms with Gasteiger partial charge in [0.15, 0.2) is 5.15 Å². The van der Waals surface area contributed by atoms with Crippen molar-refractivity contribution >= 4 is 29.2 Å². The molecule has 0 aliphatic heterocycles. The van der Waals surface area contributed by atoms with E-state index in [1.165, 1.54) is 0 Å². The molecule has 1 aromatic heterocycles. The average molecular weight is 260 g/mol. The molecule has 5 heteroatoms. The number of anilines is 1. The van der Waals surface area contributed by atoms with E-state index >= 15 is 0 Å². The molecular formula is C11H18ClN3S. The first-order valence-electron chi connectivity index (χ1n) is 5.44. The molecule has 0 atom stereocenters. The van der Waals surface area contributed by atoms with Crippen LogP contribution in [0.3, 0.4) is 0 Å². The van der Waals surface area contributed by atoms with Gasteiger partial charge >= 0.3 is 0 Å². The van der Waals surface area contributed by atoms with Gasteiger partial charge in [0, 0.05) is 11.3 Å². The summed E-state index contributed by atoms with van der Waals surface area (Å²) < 4.78 is 0.279. The van der Waals surface area contributed by atoms with Crippen molar-refractivity contribution in [2.45, 2.75) is 31.4 Å². The van der Waals surface area contributed by atoms with Gasteiger partial charge in [-0.15, -0.1) is 10.2 Å². The summed E-state index contributed by atoms with van der Waals surface area (Å²) >= 11 is 7.58. The minimum absolute atomic E-state index is 0.279. The predicted molar refractivity (Wildman–Crippen MR) is 72.4 cm³/mol. The van der Waals surface area contributed by atoms with Crippen LogP contribution in [0.25, 0.3) is 0 Å². The van der Waals surface area contributed by atoms with Crippen molar-refractivity contribution in [1.82, 2.24) is 10.2 Å². The molecule has 0 radical (unpaired) electrons. The second kappa shape index (κ2) is 6.30. The number of thioether (sulfide) groups is 1. The van der Waals surface area contributed by atoms with E-state index < -0.39 is 0 Å². The fraction of sp³-hybridized carbons (Fsp3) is 0.636. The number of nitrogens with zero attached hydrogens (tertiary/aromatic N) is 2. The van der Waals surface area contributed by atoms with Gasteiger partial charge in [-0.25, -0.2) is 0 Å². The maximum atomic E-state index is 5.68. The van der Waals surface area contributed by atoms with Crippen molar-refractivity contribution in [2.75, 3.05) is 18.1 Å². The van der Waals surface area contributed by atoms with Crippen molar-refractivity contribution in [3.05, 3.63) is 17.3 Å². The van der Waals surface area contributed by atoms with E-state index in [-0.39, 0.29) is 4.75 Å². The molecule has 0 saturated heterocycles. The summed E-state index contributed by atoms with van der Waals surface area (Å²) in [6.07, 6.45) is 4.43. The van der Waals surface area contributed by atoms with Crippen LogP contribution in [0.4, 0.5) is 5.82 Å². The highest BCUT2D eigenvalue weighted by molar-refractivity contribution is 8.00. The normalized spacial score (nSPS) is 11.5. The van der Waals surface area contributed by atoms with E-state index in [1.807, 2.05) is 17.8 Å². The SMILES string of the molecule is CCC(CC)(CNc1ccc(Cl)nn1)SC. The summed E-state index contributed by atoms with van der Waals surface area (Å²) in [5.41, 5.74) is 0. The van der Waals surface area contributed by atoms with Gasteiger partial charge in [0.1, 0.15) is 5.82 Å². The molecule has 1 aromatic rings. The van der Waals surface area contributed by atoms with E-state index in [0.29, 0.717) is 5.15 Å². The molecular weight excluding hydrogens is 242 g/mol. The van der Waals surface area contributed by atoms with Crippen LogP contribution in [-0.4, -0.2) is 27.7 Å². The fourth-order valence-electron chi connectivity index (χ4n) is 1.52. The van der Waals surface area contributed by atoms with Crippen LogP contribution in [0.5, 0.6) is 0 Å². The Hall–Kier alpha value is -0.480. The van der Waals surface area contributed by atoms with E-state index in [1.54, 1.807) is 6.07 Å². The first-order chi connectivity index (χ1) is 7.65. The third-order valence-electron chi connectivity index (χ3n) is 2.95. The molecule has 0 fully saturated rings. The van der Waals surface area contributed by atoms with Gasteiger partial charge in [0.2, 0.25) is 0 Å². The molecule has 1 N–H and O–H groups in total. The second-order valence-corrected chi connectivity index (χ2v) is 5.35. The molecule has 90 valence electrons. The van der Waals surface area contributed by atoms with E-state index in [9.17, 15) is 0 Å². The molecule has 16 heavy (non-hydrogen) atoms. The molecule has 1 heterocycles. The maximum Gasteiger partial charge on any atom is 0.151 e. The largest absolute Gasteiger partial charge is 0.367 e. The van der Waals surface area contributed by atoms with Crippen LogP contribution in [0.15, 0.2) is 12.1 Å². The van der Waals surface area contributed by atoms with E-state index in [2.05, 4.69) is 35.6 Å². The highest BCUT2D eigenvalue weighted by Gasteiger charge is 2.24. The summed E-state index contributed by atoms with van der Waals surface area (Å²) in [7, 11) is 0. The highest BCUT2D eigenvalue weighted by atomic mass is 35.5. The van der Waals surface area contributed by atoms with Crippen molar-refractivity contribution in [3.63, 3.8) is 0 Å². The Morgan fingerprint density at radius 2 is 2.00 bits per heavy atom. The fourth-order valence-corrected chi connectivity index (χ4v) is 2.42. The van der Waals surface area contributed by atoms with Crippen LogP contribution in [0, 0.1) is 0 Å². The zero-order chi connectivity index (χ0) is 12.0. The minimum atomic E-state index is 0.279. The van der Waals surface area contributed by atoms with Gasteiger partial charge in [-0.3, -0.25) is 0 Å². The molecule has 0 saturated carbocycles. The quantitative estimate of drug-likeness (QED) is 0.849. The van der Waals surface area contributed by atoms with E-state index in [4.69, 9.17) is 11.6 Å². The Balaban J connectivity index is 2.58. The molecule has 0 unspecified atom stereocenters. The third-order valence-corrected chi connectivity index (χ3v) is 4.73. The summed E-state index contributed by atoms with van der Waals surface area (Å²) in [4.78, 5) is 0. The topological polar surface area (TPSA) is 37.8 Å². The smallest absolute Gasteiger partial charge is 0.151 e. The van der Waals surface area contributed by atoms with Gasteiger partial charge in [0.05, 0.1) is 0 Å². The van der Waals surface area contributed by atoms with Crippen LogP contribution in [0.1, 0.15) is 26.7 Å². The van der Waals surface area contributed by atoms with Crippen molar-refractivity contribution in [1.29, 1.82) is 0 Å². The van der Waals surface area contributed by atoms with Crippen molar-refractivity contribution in [2.24, 2.45) is 0 Å². The van der Waals surface area contributed by atoms with E-state index in [0.717, 1.165) is 25.2 Å². The summed E-state index contributed by atoms with van der Waals surface area (Å²) in [6.45, 7) is 5.34. The third kappa shape index (κ3) is 3.52. The Morgan fingerprint density at radius 1 is 1.31 bits per heavy atom. The Morgan fingerprint density at radius 3 is 2.44 bits per heavy atom. The second-order valence-electron chi connectivity index (χ2n) is 3.69. The number of hydrogen-bond donors (Lipinski definition) is 1. The maximum absolute atomic E-state index is 5.68. The lowest BCUT2D eigenvalue weighted by Gasteiger charge is -2.29. The first-order valence-corrected chi connectivity index (χ1v) is 7.04. The summed E-state index contributed by atoms with van der Waals surface area (Å²) in [5, 5.41) is 11.5. The van der Waals surface area contributed by atoms with Gasteiger partial charge in [-0.05, 0) is 31.2 Å². The molecule has 0 amide bonds. The highest BCUT2D eigenvalue weighted by Crippen LogP contribution is 2.30. The van der Waals surface area contributed by atoms with Gasteiger partial charge < -0.3 is 5.32 Å². The number of rotatable bonds is 6. The Bertz CT molecular complexity index is 303.